The van der Waals surface area contributed by atoms with E-state index in [2.05, 4.69) is 4.98 Å². The number of hydrogen-bond donors (Lipinski definition) is 0. The third-order valence-electron chi connectivity index (χ3n) is 3.16. The highest BCUT2D eigenvalue weighted by Crippen LogP contribution is 2.25. The van der Waals surface area contributed by atoms with Crippen LogP contribution >= 0.6 is 0 Å². The Morgan fingerprint density at radius 1 is 1.04 bits per heavy atom. The van der Waals surface area contributed by atoms with Crippen LogP contribution in [-0.4, -0.2) is 19.5 Å². The van der Waals surface area contributed by atoms with Gasteiger partial charge in [0.2, 0.25) is 0 Å². The van der Waals surface area contributed by atoms with Gasteiger partial charge in [0, 0.05) is 13.0 Å². The first-order valence-corrected chi connectivity index (χ1v) is 8.83. The molecule has 0 radical (unpaired) electrons. The molecule has 126 valence electrons. The molecule has 1 heterocycles. The lowest BCUT2D eigenvalue weighted by molar-refractivity contribution is 0.242. The molecule has 0 aliphatic heterocycles. The summed E-state index contributed by atoms with van der Waals surface area (Å²) in [6.45, 7) is 5.52. The first-order chi connectivity index (χ1) is 11.3. The summed E-state index contributed by atoms with van der Waals surface area (Å²) in [4.78, 5) is 4.21. The summed E-state index contributed by atoms with van der Waals surface area (Å²) >= 11 is 0. The molecule has 3 rings (SSSR count). The summed E-state index contributed by atoms with van der Waals surface area (Å²) in [7, 11) is -3.93. The van der Waals surface area contributed by atoms with Crippen LogP contribution in [0.3, 0.4) is 0 Å². The number of aryl methyl sites for hydroxylation is 1. The molecular weight excluding hydrogens is 330 g/mol. The summed E-state index contributed by atoms with van der Waals surface area (Å²) in [5, 5.41) is 0. The highest BCUT2D eigenvalue weighted by molar-refractivity contribution is 7.87. The number of oxazole rings is 1. The SMILES string of the molecule is Cc1nc2cc(OS(=O)(=O)c3ccc(OC(C)C)cc3)ccc2o1. The minimum atomic E-state index is -3.93. The molecule has 6 nitrogen and oxygen atoms in total. The molecule has 24 heavy (non-hydrogen) atoms. The average Bonchev–Trinajstić information content (AvgIpc) is 2.86. The first kappa shape index (κ1) is 16.3. The molecule has 0 amide bonds. The molecule has 0 saturated heterocycles. The van der Waals surface area contributed by atoms with Crippen molar-refractivity contribution in [1.82, 2.24) is 4.98 Å². The minimum absolute atomic E-state index is 0.0151. The van der Waals surface area contributed by atoms with E-state index >= 15 is 0 Å². The predicted molar refractivity (Wildman–Crippen MR) is 88.8 cm³/mol. The fourth-order valence-electron chi connectivity index (χ4n) is 2.21. The predicted octanol–water partition coefficient (Wildman–Crippen LogP) is 3.69. The summed E-state index contributed by atoms with van der Waals surface area (Å²) < 4.78 is 40.8. The average molecular weight is 347 g/mol. The molecule has 0 N–H and O–H groups in total. The van der Waals surface area contributed by atoms with Gasteiger partial charge in [0.05, 0.1) is 6.10 Å². The van der Waals surface area contributed by atoms with E-state index in [0.717, 1.165) is 0 Å². The topological polar surface area (TPSA) is 78.6 Å². The molecule has 3 aromatic rings. The number of nitrogens with zero attached hydrogens (tertiary/aromatic N) is 1. The van der Waals surface area contributed by atoms with Crippen molar-refractivity contribution in [3.05, 3.63) is 48.4 Å². The van der Waals surface area contributed by atoms with Gasteiger partial charge in [-0.25, -0.2) is 4.98 Å². The van der Waals surface area contributed by atoms with E-state index < -0.39 is 10.1 Å². The van der Waals surface area contributed by atoms with Crippen LogP contribution in [0.25, 0.3) is 11.1 Å². The fraction of sp³-hybridized carbons (Fsp3) is 0.235. The van der Waals surface area contributed by atoms with Crippen LogP contribution in [0.4, 0.5) is 0 Å². The van der Waals surface area contributed by atoms with Crippen molar-refractivity contribution in [3.8, 4) is 11.5 Å². The van der Waals surface area contributed by atoms with E-state index in [0.29, 0.717) is 22.7 Å². The standard InChI is InChI=1S/C17H17NO5S/c1-11(2)21-13-4-7-15(8-5-13)24(19,20)23-14-6-9-17-16(10-14)18-12(3)22-17/h4-11H,1-3H3. The van der Waals surface area contributed by atoms with Gasteiger partial charge in [0.15, 0.2) is 11.5 Å². The molecular formula is C17H17NO5S. The Balaban J connectivity index is 1.83. The molecule has 0 unspecified atom stereocenters. The maximum atomic E-state index is 12.4. The van der Waals surface area contributed by atoms with Crippen LogP contribution in [0.5, 0.6) is 11.5 Å². The zero-order valence-electron chi connectivity index (χ0n) is 13.5. The van der Waals surface area contributed by atoms with Crippen LogP contribution in [0, 0.1) is 6.92 Å². The Morgan fingerprint density at radius 3 is 2.38 bits per heavy atom. The molecule has 0 aliphatic carbocycles. The molecule has 0 bridgehead atoms. The van der Waals surface area contributed by atoms with Crippen LogP contribution in [0.1, 0.15) is 19.7 Å². The van der Waals surface area contributed by atoms with E-state index in [1.807, 2.05) is 13.8 Å². The zero-order valence-corrected chi connectivity index (χ0v) is 14.3. The number of ether oxygens (including phenoxy) is 1. The smallest absolute Gasteiger partial charge is 0.339 e. The Labute approximate surface area is 140 Å². The number of benzene rings is 2. The maximum absolute atomic E-state index is 12.4. The van der Waals surface area contributed by atoms with E-state index in [-0.39, 0.29) is 16.7 Å². The second-order valence-electron chi connectivity index (χ2n) is 5.54. The number of rotatable bonds is 5. The van der Waals surface area contributed by atoms with Crippen molar-refractivity contribution in [2.45, 2.75) is 31.8 Å². The normalized spacial score (nSPS) is 11.8. The van der Waals surface area contributed by atoms with Crippen LogP contribution in [-0.2, 0) is 10.1 Å². The van der Waals surface area contributed by atoms with Gasteiger partial charge in [-0.1, -0.05) is 0 Å². The molecule has 0 aliphatic rings. The Morgan fingerprint density at radius 2 is 1.71 bits per heavy atom. The van der Waals surface area contributed by atoms with Crippen molar-refractivity contribution < 1.29 is 21.8 Å². The van der Waals surface area contributed by atoms with Crippen LogP contribution < -0.4 is 8.92 Å². The largest absolute Gasteiger partial charge is 0.491 e. The summed E-state index contributed by atoms with van der Waals surface area (Å²) in [6.07, 6.45) is 0.0151. The van der Waals surface area contributed by atoms with Crippen molar-refractivity contribution in [2.24, 2.45) is 0 Å². The Kier molecular flexibility index (Phi) is 4.19. The van der Waals surface area contributed by atoms with Crippen LogP contribution in [0.15, 0.2) is 51.8 Å². The van der Waals surface area contributed by atoms with Gasteiger partial charge < -0.3 is 13.3 Å². The number of aromatic nitrogens is 1. The van der Waals surface area contributed by atoms with E-state index in [1.54, 1.807) is 25.1 Å². The quantitative estimate of drug-likeness (QED) is 0.655. The van der Waals surface area contributed by atoms with Crippen molar-refractivity contribution >= 4 is 21.2 Å². The highest BCUT2D eigenvalue weighted by atomic mass is 32.2. The second-order valence-corrected chi connectivity index (χ2v) is 7.08. The summed E-state index contributed by atoms with van der Waals surface area (Å²) in [5.41, 5.74) is 1.12. The third kappa shape index (κ3) is 3.51. The molecule has 0 atom stereocenters. The summed E-state index contributed by atoms with van der Waals surface area (Å²) in [6, 6.07) is 10.8. The zero-order chi connectivity index (χ0) is 17.3. The van der Waals surface area contributed by atoms with Gasteiger partial charge in [-0.3, -0.25) is 0 Å². The summed E-state index contributed by atoms with van der Waals surface area (Å²) in [5.74, 6) is 1.28. The minimum Gasteiger partial charge on any atom is -0.491 e. The fourth-order valence-corrected chi connectivity index (χ4v) is 3.13. The van der Waals surface area contributed by atoms with Gasteiger partial charge in [0.1, 0.15) is 21.9 Å². The van der Waals surface area contributed by atoms with Gasteiger partial charge in [0.25, 0.3) is 0 Å². The molecule has 0 saturated carbocycles. The van der Waals surface area contributed by atoms with Gasteiger partial charge in [-0.05, 0) is 50.2 Å². The van der Waals surface area contributed by atoms with Crippen LogP contribution in [0.2, 0.25) is 0 Å². The van der Waals surface area contributed by atoms with Crippen molar-refractivity contribution in [1.29, 1.82) is 0 Å². The molecule has 0 fully saturated rings. The second kappa shape index (κ2) is 6.16. The first-order valence-electron chi connectivity index (χ1n) is 7.42. The lowest BCUT2D eigenvalue weighted by Gasteiger charge is -2.10. The van der Waals surface area contributed by atoms with Crippen molar-refractivity contribution in [2.75, 3.05) is 0 Å². The number of hydrogen-bond acceptors (Lipinski definition) is 6. The van der Waals surface area contributed by atoms with Gasteiger partial charge in [-0.15, -0.1) is 0 Å². The Bertz CT molecular complexity index is 958. The lowest BCUT2D eigenvalue weighted by atomic mass is 10.3. The number of fused-ring (bicyclic) bond motifs is 1. The molecule has 7 heteroatoms. The van der Waals surface area contributed by atoms with Gasteiger partial charge >= 0.3 is 10.1 Å². The van der Waals surface area contributed by atoms with E-state index in [1.165, 1.54) is 24.3 Å². The molecule has 2 aromatic carbocycles. The monoisotopic (exact) mass is 347 g/mol. The lowest BCUT2D eigenvalue weighted by Crippen LogP contribution is -2.10. The third-order valence-corrected chi connectivity index (χ3v) is 4.42. The van der Waals surface area contributed by atoms with Gasteiger partial charge in [-0.2, -0.15) is 8.42 Å². The maximum Gasteiger partial charge on any atom is 0.339 e. The molecule has 1 aromatic heterocycles. The highest BCUT2D eigenvalue weighted by Gasteiger charge is 2.17. The van der Waals surface area contributed by atoms with E-state index in [9.17, 15) is 8.42 Å². The van der Waals surface area contributed by atoms with E-state index in [4.69, 9.17) is 13.3 Å². The Hall–Kier alpha value is -2.54. The van der Waals surface area contributed by atoms with Crippen molar-refractivity contribution in [3.63, 3.8) is 0 Å². The molecule has 0 spiro atoms.